The molecule has 5 rings (SSSR count). The third-order valence-corrected chi connectivity index (χ3v) is 7.80. The van der Waals surface area contributed by atoms with Gasteiger partial charge in [-0.05, 0) is 42.7 Å². The number of pyridine rings is 1. The van der Waals surface area contributed by atoms with Crippen LogP contribution >= 0.6 is 0 Å². The number of carbonyl (C=O) groups is 2. The van der Waals surface area contributed by atoms with E-state index in [0.29, 0.717) is 85.9 Å². The number of hydrogen-bond donors (Lipinski definition) is 1. The second-order valence-electron chi connectivity index (χ2n) is 10.6. The van der Waals surface area contributed by atoms with Gasteiger partial charge in [-0.25, -0.2) is 4.79 Å². The highest BCUT2D eigenvalue weighted by atomic mass is 16.6. The Morgan fingerprint density at radius 1 is 1.00 bits per heavy atom. The zero-order chi connectivity index (χ0) is 29.1. The Morgan fingerprint density at radius 2 is 1.73 bits per heavy atom. The van der Waals surface area contributed by atoms with Crippen molar-refractivity contribution in [3.63, 3.8) is 0 Å². The molecule has 0 aliphatic carbocycles. The zero-order valence-corrected chi connectivity index (χ0v) is 23.7. The molecule has 0 saturated carbocycles. The minimum Gasteiger partial charge on any atom is -0.497 e. The first-order chi connectivity index (χ1) is 19.7. The van der Waals surface area contributed by atoms with E-state index in [0.717, 1.165) is 5.56 Å². The van der Waals surface area contributed by atoms with E-state index < -0.39 is 6.09 Å². The largest absolute Gasteiger partial charge is 0.497 e. The Labute approximate surface area is 238 Å². The number of rotatable bonds is 8. The molecule has 1 saturated heterocycles. The molecule has 3 heterocycles. The number of fused-ring (bicyclic) bond motifs is 2. The van der Waals surface area contributed by atoms with Crippen LogP contribution in [-0.2, 0) is 13.1 Å². The van der Waals surface area contributed by atoms with Crippen molar-refractivity contribution in [1.29, 1.82) is 0 Å². The van der Waals surface area contributed by atoms with Crippen LogP contribution in [0.5, 0.6) is 17.2 Å². The number of methoxy groups -OCH3 is 1. The Morgan fingerprint density at radius 3 is 2.41 bits per heavy atom. The van der Waals surface area contributed by atoms with E-state index in [-0.39, 0.29) is 24.1 Å². The number of nitrogens with zero attached hydrogens (tertiary/aromatic N) is 4. The topological polar surface area (TPSA) is 114 Å². The molecule has 0 spiro atoms. The molecule has 218 valence electrons. The molecule has 0 radical (unpaired) electrons. The van der Waals surface area contributed by atoms with Crippen LogP contribution in [0.3, 0.4) is 0 Å². The predicted octanol–water partition coefficient (Wildman–Crippen LogP) is 3.13. The molecule has 2 amide bonds. The highest BCUT2D eigenvalue weighted by Crippen LogP contribution is 2.32. The van der Waals surface area contributed by atoms with Crippen LogP contribution in [0, 0.1) is 0 Å². The molecule has 11 nitrogen and oxygen atoms in total. The average molecular weight is 565 g/mol. The lowest BCUT2D eigenvalue weighted by Gasteiger charge is -2.37. The molecule has 11 heteroatoms. The van der Waals surface area contributed by atoms with Crippen molar-refractivity contribution in [1.82, 2.24) is 19.3 Å². The Balaban J connectivity index is 1.26. The van der Waals surface area contributed by atoms with Crippen LogP contribution in [0.4, 0.5) is 4.79 Å². The van der Waals surface area contributed by atoms with Gasteiger partial charge in [-0.2, -0.15) is 0 Å². The normalized spacial score (nSPS) is 15.5. The van der Waals surface area contributed by atoms with Crippen molar-refractivity contribution >= 4 is 22.9 Å². The van der Waals surface area contributed by atoms with Gasteiger partial charge in [0.1, 0.15) is 19.0 Å². The van der Waals surface area contributed by atoms with E-state index in [1.165, 1.54) is 15.9 Å². The number of amides is 2. The molecule has 2 aromatic carbocycles. The minimum atomic E-state index is -0.947. The summed E-state index contributed by atoms with van der Waals surface area (Å²) >= 11 is 0. The summed E-state index contributed by atoms with van der Waals surface area (Å²) in [6, 6.07) is 12.3. The van der Waals surface area contributed by atoms with Gasteiger partial charge in [0.15, 0.2) is 11.5 Å². The van der Waals surface area contributed by atoms with Crippen LogP contribution in [0.1, 0.15) is 28.8 Å². The summed E-state index contributed by atoms with van der Waals surface area (Å²) in [4.78, 5) is 43.4. The van der Waals surface area contributed by atoms with Crippen molar-refractivity contribution in [2.75, 3.05) is 54.1 Å². The van der Waals surface area contributed by atoms with E-state index in [2.05, 4.69) is 4.90 Å². The van der Waals surface area contributed by atoms with E-state index in [9.17, 15) is 19.5 Å². The molecule has 1 fully saturated rings. The third kappa shape index (κ3) is 6.09. The highest BCUT2D eigenvalue weighted by molar-refractivity contribution is 6.06. The molecule has 0 atom stereocenters. The van der Waals surface area contributed by atoms with Gasteiger partial charge in [0.2, 0.25) is 0 Å². The summed E-state index contributed by atoms with van der Waals surface area (Å²) in [6.45, 7) is 3.74. The van der Waals surface area contributed by atoms with Crippen LogP contribution in [0.25, 0.3) is 10.9 Å². The van der Waals surface area contributed by atoms with E-state index in [1.807, 2.05) is 24.3 Å². The fourth-order valence-electron chi connectivity index (χ4n) is 5.57. The summed E-state index contributed by atoms with van der Waals surface area (Å²) in [6.07, 6.45) is 0.436. The first kappa shape index (κ1) is 28.3. The number of piperidine rings is 1. The van der Waals surface area contributed by atoms with E-state index in [4.69, 9.17) is 14.2 Å². The van der Waals surface area contributed by atoms with Crippen molar-refractivity contribution in [2.24, 2.45) is 0 Å². The van der Waals surface area contributed by atoms with E-state index >= 15 is 0 Å². The molecular weight excluding hydrogens is 528 g/mol. The van der Waals surface area contributed by atoms with Crippen molar-refractivity contribution in [3.05, 3.63) is 63.9 Å². The zero-order valence-electron chi connectivity index (χ0n) is 23.7. The monoisotopic (exact) mass is 564 g/mol. The summed E-state index contributed by atoms with van der Waals surface area (Å²) in [5, 5.41) is 10.7. The smallest absolute Gasteiger partial charge is 0.407 e. The molecule has 0 unspecified atom stereocenters. The third-order valence-electron chi connectivity index (χ3n) is 7.80. The second kappa shape index (κ2) is 12.1. The highest BCUT2D eigenvalue weighted by Gasteiger charge is 2.28. The number of carboxylic acid groups (broad SMARTS) is 1. The van der Waals surface area contributed by atoms with Gasteiger partial charge >= 0.3 is 6.09 Å². The minimum absolute atomic E-state index is 0.110. The molecule has 0 bridgehead atoms. The fourth-order valence-corrected chi connectivity index (χ4v) is 5.57. The molecular formula is C30H36N4O7. The van der Waals surface area contributed by atoms with Crippen LogP contribution in [0.2, 0.25) is 0 Å². The maximum absolute atomic E-state index is 13.2. The van der Waals surface area contributed by atoms with Gasteiger partial charge in [0.25, 0.3) is 11.5 Å². The van der Waals surface area contributed by atoms with Gasteiger partial charge in [-0.1, -0.05) is 6.07 Å². The summed E-state index contributed by atoms with van der Waals surface area (Å²) in [5.74, 6) is 1.70. The molecule has 1 N–H and O–H groups in total. The first-order valence-corrected chi connectivity index (χ1v) is 13.8. The number of aromatic nitrogens is 1. The lowest BCUT2D eigenvalue weighted by atomic mass is 10.0. The van der Waals surface area contributed by atoms with E-state index in [1.54, 1.807) is 37.9 Å². The fraction of sp³-hybridized carbons (Fsp3) is 0.433. The van der Waals surface area contributed by atoms with Crippen molar-refractivity contribution in [3.8, 4) is 17.2 Å². The van der Waals surface area contributed by atoms with Crippen molar-refractivity contribution in [2.45, 2.75) is 32.0 Å². The SMILES string of the molecule is COc1ccc2c(C(=O)N(C)C)cc(=O)n(CCN3CCC(N(Cc4ccc5c(c4)OCCO5)C(=O)O)CC3)c2c1. The van der Waals surface area contributed by atoms with Gasteiger partial charge < -0.3 is 38.6 Å². The number of carbonyl (C=O) groups excluding carboxylic acids is 1. The lowest BCUT2D eigenvalue weighted by molar-refractivity contribution is 0.0828. The number of likely N-dealkylation sites (tertiary alicyclic amines) is 1. The van der Waals surface area contributed by atoms with Crippen LogP contribution < -0.4 is 19.8 Å². The van der Waals surface area contributed by atoms with Crippen LogP contribution in [-0.4, -0.2) is 96.5 Å². The van der Waals surface area contributed by atoms with Gasteiger partial charge in [-0.3, -0.25) is 9.59 Å². The maximum atomic E-state index is 13.2. The van der Waals surface area contributed by atoms with Gasteiger partial charge in [0.05, 0.1) is 18.2 Å². The quantitative estimate of drug-likeness (QED) is 0.444. The van der Waals surface area contributed by atoms with Gasteiger partial charge in [0, 0.05) is 70.4 Å². The van der Waals surface area contributed by atoms with Crippen molar-refractivity contribution < 1.29 is 28.9 Å². The Kier molecular flexibility index (Phi) is 8.34. The lowest BCUT2D eigenvalue weighted by Crippen LogP contribution is -2.47. The Bertz CT molecular complexity index is 1490. The molecule has 2 aliphatic rings. The molecule has 1 aromatic heterocycles. The summed E-state index contributed by atoms with van der Waals surface area (Å²) in [5.41, 5.74) is 1.62. The number of ether oxygens (including phenoxy) is 3. The Hall–Kier alpha value is -4.25. The number of hydrogen-bond acceptors (Lipinski definition) is 7. The molecule has 41 heavy (non-hydrogen) atoms. The maximum Gasteiger partial charge on any atom is 0.407 e. The number of benzene rings is 2. The summed E-state index contributed by atoms with van der Waals surface area (Å²) < 4.78 is 18.3. The first-order valence-electron chi connectivity index (χ1n) is 13.8. The van der Waals surface area contributed by atoms with Gasteiger partial charge in [-0.15, -0.1) is 0 Å². The molecule has 3 aromatic rings. The molecule has 2 aliphatic heterocycles. The second-order valence-corrected chi connectivity index (χ2v) is 10.6. The average Bonchev–Trinajstić information content (AvgIpc) is 2.98. The predicted molar refractivity (Wildman–Crippen MR) is 153 cm³/mol. The summed E-state index contributed by atoms with van der Waals surface area (Å²) in [7, 11) is 4.89. The van der Waals surface area contributed by atoms with Crippen LogP contribution in [0.15, 0.2) is 47.3 Å². The standard InChI is InChI=1S/C30H36N4O7/c1-31(2)29(36)24-18-28(35)33(25-17-22(39-3)5-6-23(24)25)13-12-32-10-8-21(9-11-32)34(30(37)38)19-20-4-7-26-27(16-20)41-15-14-40-26/h4-7,16-18,21H,8-15,19H2,1-3H3,(H,37,38).